The second-order valence-corrected chi connectivity index (χ2v) is 7.78. The SMILES string of the molecule is CC(C#N)(CCSc1nc2ccccc2s1)NC1CC1. The molecule has 0 saturated heterocycles. The Morgan fingerprint density at radius 1 is 1.50 bits per heavy atom. The molecule has 1 aliphatic rings. The van der Waals surface area contributed by atoms with Crippen molar-refractivity contribution < 1.29 is 0 Å². The third-order valence-electron chi connectivity index (χ3n) is 3.45. The molecule has 5 heteroatoms. The monoisotopic (exact) mass is 303 g/mol. The van der Waals surface area contributed by atoms with Crippen molar-refractivity contribution in [3.05, 3.63) is 24.3 Å². The van der Waals surface area contributed by atoms with Crippen molar-refractivity contribution in [2.45, 2.75) is 42.1 Å². The van der Waals surface area contributed by atoms with Gasteiger partial charge in [0.15, 0.2) is 4.34 Å². The molecule has 2 aromatic rings. The van der Waals surface area contributed by atoms with Gasteiger partial charge in [-0.05, 0) is 38.3 Å². The van der Waals surface area contributed by atoms with Crippen molar-refractivity contribution in [2.24, 2.45) is 0 Å². The molecule has 1 heterocycles. The average molecular weight is 303 g/mol. The molecule has 0 spiro atoms. The average Bonchev–Trinajstić information content (AvgIpc) is 3.15. The van der Waals surface area contributed by atoms with E-state index >= 15 is 0 Å². The number of hydrogen-bond donors (Lipinski definition) is 1. The van der Waals surface area contributed by atoms with Gasteiger partial charge in [-0.3, -0.25) is 5.32 Å². The van der Waals surface area contributed by atoms with Gasteiger partial charge in [-0.2, -0.15) is 5.26 Å². The second-order valence-electron chi connectivity index (χ2n) is 5.41. The Morgan fingerprint density at radius 3 is 3.00 bits per heavy atom. The third kappa shape index (κ3) is 3.32. The molecule has 1 saturated carbocycles. The largest absolute Gasteiger partial charge is 0.297 e. The van der Waals surface area contributed by atoms with Crippen LogP contribution < -0.4 is 5.32 Å². The van der Waals surface area contributed by atoms with Gasteiger partial charge in [0, 0.05) is 11.8 Å². The van der Waals surface area contributed by atoms with Crippen LogP contribution in [0.3, 0.4) is 0 Å². The lowest BCUT2D eigenvalue weighted by molar-refractivity contribution is 0.434. The van der Waals surface area contributed by atoms with Crippen molar-refractivity contribution in [2.75, 3.05) is 5.75 Å². The Kier molecular flexibility index (Phi) is 3.97. The van der Waals surface area contributed by atoms with E-state index in [2.05, 4.69) is 22.4 Å². The topological polar surface area (TPSA) is 48.7 Å². The molecule has 1 aromatic carbocycles. The molecule has 3 nitrogen and oxygen atoms in total. The molecule has 0 radical (unpaired) electrons. The molecular formula is C15H17N3S2. The van der Waals surface area contributed by atoms with E-state index in [0.717, 1.165) is 22.0 Å². The summed E-state index contributed by atoms with van der Waals surface area (Å²) in [4.78, 5) is 4.61. The van der Waals surface area contributed by atoms with E-state index in [4.69, 9.17) is 0 Å². The van der Waals surface area contributed by atoms with E-state index in [9.17, 15) is 5.26 Å². The predicted octanol–water partition coefficient (Wildman–Crippen LogP) is 3.81. The van der Waals surface area contributed by atoms with E-state index in [0.29, 0.717) is 6.04 Å². The number of para-hydroxylation sites is 1. The maximum absolute atomic E-state index is 9.34. The Morgan fingerprint density at radius 2 is 2.30 bits per heavy atom. The number of rotatable bonds is 6. The van der Waals surface area contributed by atoms with Crippen LogP contribution >= 0.6 is 23.1 Å². The Bertz CT molecular complexity index is 609. The summed E-state index contributed by atoms with van der Waals surface area (Å²) in [5.74, 6) is 0.920. The quantitative estimate of drug-likeness (QED) is 0.824. The number of nitriles is 1. The number of thioether (sulfide) groups is 1. The molecule has 1 aromatic heterocycles. The van der Waals surface area contributed by atoms with Crippen LogP contribution in [0, 0.1) is 11.3 Å². The fraction of sp³-hybridized carbons (Fsp3) is 0.467. The second kappa shape index (κ2) is 5.72. The highest BCUT2D eigenvalue weighted by Gasteiger charge is 2.32. The van der Waals surface area contributed by atoms with Gasteiger partial charge in [0.1, 0.15) is 5.54 Å². The van der Waals surface area contributed by atoms with Crippen molar-refractivity contribution in [1.29, 1.82) is 5.26 Å². The van der Waals surface area contributed by atoms with E-state index in [1.54, 1.807) is 23.1 Å². The summed E-state index contributed by atoms with van der Waals surface area (Å²) in [6, 6.07) is 11.2. The highest BCUT2D eigenvalue weighted by molar-refractivity contribution is 8.01. The Labute approximate surface area is 127 Å². The Balaban J connectivity index is 1.57. The molecule has 20 heavy (non-hydrogen) atoms. The van der Waals surface area contributed by atoms with E-state index in [1.807, 2.05) is 25.1 Å². The first-order valence-corrected chi connectivity index (χ1v) is 8.66. The van der Waals surface area contributed by atoms with Crippen LogP contribution in [-0.4, -0.2) is 22.3 Å². The van der Waals surface area contributed by atoms with Crippen LogP contribution in [0.1, 0.15) is 26.2 Å². The molecule has 1 fully saturated rings. The first-order valence-electron chi connectivity index (χ1n) is 6.86. The van der Waals surface area contributed by atoms with Crippen LogP contribution in [0.25, 0.3) is 10.2 Å². The zero-order valence-electron chi connectivity index (χ0n) is 11.4. The lowest BCUT2D eigenvalue weighted by Crippen LogP contribution is -2.42. The number of nitrogens with zero attached hydrogens (tertiary/aromatic N) is 2. The predicted molar refractivity (Wildman–Crippen MR) is 85.1 cm³/mol. The molecule has 0 amide bonds. The number of aromatic nitrogens is 1. The van der Waals surface area contributed by atoms with Gasteiger partial charge in [-0.15, -0.1) is 11.3 Å². The molecule has 104 valence electrons. The van der Waals surface area contributed by atoms with E-state index in [-0.39, 0.29) is 0 Å². The summed E-state index contributed by atoms with van der Waals surface area (Å²) in [5.41, 5.74) is 0.671. The summed E-state index contributed by atoms with van der Waals surface area (Å²) in [7, 11) is 0. The molecule has 3 rings (SSSR count). The van der Waals surface area contributed by atoms with Crippen molar-refractivity contribution in [3.63, 3.8) is 0 Å². The number of fused-ring (bicyclic) bond motifs is 1. The number of benzene rings is 1. The lowest BCUT2D eigenvalue weighted by Gasteiger charge is -2.22. The zero-order valence-corrected chi connectivity index (χ0v) is 13.1. The van der Waals surface area contributed by atoms with Crippen molar-refractivity contribution in [3.8, 4) is 6.07 Å². The Hall–Kier alpha value is -1.09. The zero-order chi connectivity index (χ0) is 14.0. The van der Waals surface area contributed by atoms with Crippen LogP contribution in [0.5, 0.6) is 0 Å². The summed E-state index contributed by atoms with van der Waals surface area (Å²) in [5, 5.41) is 12.8. The van der Waals surface area contributed by atoms with Gasteiger partial charge in [-0.25, -0.2) is 4.98 Å². The van der Waals surface area contributed by atoms with Crippen molar-refractivity contribution in [1.82, 2.24) is 10.3 Å². The van der Waals surface area contributed by atoms with Crippen LogP contribution in [0.4, 0.5) is 0 Å². The minimum absolute atomic E-state index is 0.398. The van der Waals surface area contributed by atoms with E-state index in [1.165, 1.54) is 17.5 Å². The maximum atomic E-state index is 9.34. The van der Waals surface area contributed by atoms with Gasteiger partial charge >= 0.3 is 0 Å². The number of hydrogen-bond acceptors (Lipinski definition) is 5. The lowest BCUT2D eigenvalue weighted by atomic mass is 10.0. The molecule has 1 atom stereocenters. The van der Waals surface area contributed by atoms with Gasteiger partial charge in [-0.1, -0.05) is 23.9 Å². The molecule has 0 aliphatic heterocycles. The standard InChI is InChI=1S/C15H17N3S2/c1-15(10-16,18-11-6-7-11)8-9-19-14-17-12-4-2-3-5-13(12)20-14/h2-5,11,18H,6-9H2,1H3. The number of nitrogens with one attached hydrogen (secondary N) is 1. The minimum atomic E-state index is -0.398. The highest BCUT2D eigenvalue weighted by atomic mass is 32.2. The van der Waals surface area contributed by atoms with Crippen LogP contribution in [0.2, 0.25) is 0 Å². The third-order valence-corrected chi connectivity index (χ3v) is 5.63. The highest BCUT2D eigenvalue weighted by Crippen LogP contribution is 2.31. The minimum Gasteiger partial charge on any atom is -0.297 e. The molecule has 1 unspecified atom stereocenters. The molecule has 1 aliphatic carbocycles. The van der Waals surface area contributed by atoms with Gasteiger partial charge < -0.3 is 0 Å². The van der Waals surface area contributed by atoms with Gasteiger partial charge in [0.05, 0.1) is 16.3 Å². The van der Waals surface area contributed by atoms with Crippen LogP contribution in [-0.2, 0) is 0 Å². The van der Waals surface area contributed by atoms with Crippen molar-refractivity contribution >= 4 is 33.3 Å². The maximum Gasteiger partial charge on any atom is 0.151 e. The summed E-state index contributed by atoms with van der Waals surface area (Å²) in [6.45, 7) is 2.00. The first-order chi connectivity index (χ1) is 9.68. The summed E-state index contributed by atoms with van der Waals surface area (Å²) in [6.07, 6.45) is 3.27. The summed E-state index contributed by atoms with van der Waals surface area (Å²) < 4.78 is 2.33. The molecule has 1 N–H and O–H groups in total. The van der Waals surface area contributed by atoms with Gasteiger partial charge in [0.2, 0.25) is 0 Å². The fourth-order valence-electron chi connectivity index (χ4n) is 2.09. The summed E-state index contributed by atoms with van der Waals surface area (Å²) >= 11 is 3.48. The van der Waals surface area contributed by atoms with Gasteiger partial charge in [0.25, 0.3) is 0 Å². The molecular weight excluding hydrogens is 286 g/mol. The fourth-order valence-corrected chi connectivity index (χ4v) is 4.39. The number of thiazole rings is 1. The smallest absolute Gasteiger partial charge is 0.151 e. The van der Waals surface area contributed by atoms with E-state index < -0.39 is 5.54 Å². The first kappa shape index (κ1) is 13.9. The van der Waals surface area contributed by atoms with Crippen LogP contribution in [0.15, 0.2) is 28.6 Å². The normalized spacial score (nSPS) is 17.8. The molecule has 0 bridgehead atoms.